The molecule has 0 nitrogen and oxygen atoms in total. The average Bonchev–Trinajstić information content (AvgIpc) is 2.57. The molecular weight excluding hydrogens is 494 g/mol. The van der Waals surface area contributed by atoms with Gasteiger partial charge in [-0.2, -0.15) is 0 Å². The number of fused-ring (bicyclic) bond motifs is 6. The molecular formula is C20H22I2. The van der Waals surface area contributed by atoms with E-state index in [9.17, 15) is 0 Å². The van der Waals surface area contributed by atoms with Gasteiger partial charge in [0, 0.05) is 7.14 Å². The topological polar surface area (TPSA) is 0 Å². The minimum atomic E-state index is 1.30. The van der Waals surface area contributed by atoms with Gasteiger partial charge in [-0.05, 0) is 155 Å². The fourth-order valence-corrected chi connectivity index (χ4v) is 6.06. The second-order valence-electron chi connectivity index (χ2n) is 6.96. The van der Waals surface area contributed by atoms with E-state index >= 15 is 0 Å². The van der Waals surface area contributed by atoms with Crippen LogP contribution < -0.4 is 0 Å². The fourth-order valence-electron chi connectivity index (χ4n) is 4.71. The molecule has 0 amide bonds. The first-order chi connectivity index (χ1) is 10.6. The highest BCUT2D eigenvalue weighted by Crippen LogP contribution is 2.43. The molecule has 0 saturated carbocycles. The maximum atomic E-state index is 2.57. The summed E-state index contributed by atoms with van der Waals surface area (Å²) in [4.78, 5) is 0. The first-order valence-electron chi connectivity index (χ1n) is 8.54. The monoisotopic (exact) mass is 516 g/mol. The van der Waals surface area contributed by atoms with Gasteiger partial charge < -0.3 is 0 Å². The lowest BCUT2D eigenvalue weighted by molar-refractivity contribution is 0.646. The molecule has 0 spiro atoms. The Morgan fingerprint density at radius 3 is 1.23 bits per heavy atom. The second kappa shape index (κ2) is 5.91. The second-order valence-corrected chi connectivity index (χ2v) is 9.11. The summed E-state index contributed by atoms with van der Waals surface area (Å²) < 4.78 is 2.96. The van der Waals surface area contributed by atoms with Crippen molar-refractivity contribution in [1.82, 2.24) is 0 Å². The molecule has 0 unspecified atom stereocenters. The first kappa shape index (κ1) is 15.7. The molecule has 0 radical (unpaired) electrons. The van der Waals surface area contributed by atoms with Gasteiger partial charge in [0.25, 0.3) is 0 Å². The van der Waals surface area contributed by atoms with Crippen molar-refractivity contribution in [2.24, 2.45) is 0 Å². The van der Waals surface area contributed by atoms with Crippen LogP contribution in [0.15, 0.2) is 0 Å². The third kappa shape index (κ3) is 2.19. The van der Waals surface area contributed by atoms with E-state index in [0.717, 1.165) is 0 Å². The Hall–Kier alpha value is 0.160. The van der Waals surface area contributed by atoms with Gasteiger partial charge in [-0.15, -0.1) is 0 Å². The molecule has 0 N–H and O–H groups in total. The van der Waals surface area contributed by atoms with E-state index in [-0.39, 0.29) is 0 Å². The number of aryl methyl sites for hydroxylation is 4. The third-order valence-corrected chi connectivity index (χ3v) is 9.48. The zero-order valence-corrected chi connectivity index (χ0v) is 17.7. The number of hydrogen-bond donors (Lipinski definition) is 0. The van der Waals surface area contributed by atoms with Gasteiger partial charge in [0.2, 0.25) is 0 Å². The van der Waals surface area contributed by atoms with Crippen LogP contribution in [0.25, 0.3) is 10.8 Å². The summed E-state index contributed by atoms with van der Waals surface area (Å²) in [5.41, 5.74) is 10.0. The van der Waals surface area contributed by atoms with Crippen LogP contribution >= 0.6 is 45.2 Å². The van der Waals surface area contributed by atoms with Gasteiger partial charge in [-0.3, -0.25) is 0 Å². The minimum absolute atomic E-state index is 1.30. The van der Waals surface area contributed by atoms with E-state index in [1.54, 1.807) is 33.0 Å². The van der Waals surface area contributed by atoms with Crippen LogP contribution in [0.3, 0.4) is 0 Å². The van der Waals surface area contributed by atoms with Crippen LogP contribution in [0.2, 0.25) is 0 Å². The molecule has 116 valence electrons. The number of halogens is 2. The van der Waals surface area contributed by atoms with Crippen molar-refractivity contribution >= 4 is 56.0 Å². The number of hydrogen-bond acceptors (Lipinski definition) is 0. The first-order valence-corrected chi connectivity index (χ1v) is 10.7. The van der Waals surface area contributed by atoms with Crippen LogP contribution in [0.1, 0.15) is 59.1 Å². The van der Waals surface area contributed by atoms with E-state index < -0.39 is 0 Å². The van der Waals surface area contributed by atoms with Crippen LogP contribution in [-0.4, -0.2) is 0 Å². The summed E-state index contributed by atoms with van der Waals surface area (Å²) in [6.07, 6.45) is 10.8. The molecule has 2 aromatic carbocycles. The SMILES string of the molecule is Cc1c(I)c(I)c(C)c2c3c(c4c(c12)CCCC4)CCCC3. The summed E-state index contributed by atoms with van der Waals surface area (Å²) in [6, 6.07) is 0. The van der Waals surface area contributed by atoms with Crippen molar-refractivity contribution in [1.29, 1.82) is 0 Å². The van der Waals surface area contributed by atoms with Gasteiger partial charge in [0.15, 0.2) is 0 Å². The van der Waals surface area contributed by atoms with Gasteiger partial charge >= 0.3 is 0 Å². The summed E-state index contributed by atoms with van der Waals surface area (Å²) in [7, 11) is 0. The van der Waals surface area contributed by atoms with E-state index in [4.69, 9.17) is 0 Å². The standard InChI is InChI=1S/C20H22I2/c1-11-17-15-9-5-3-7-13(15)14-8-4-6-10-16(14)18(17)12(2)20(22)19(11)21/h3-10H2,1-2H3. The largest absolute Gasteiger partial charge is 0.0489 e. The highest BCUT2D eigenvalue weighted by molar-refractivity contribution is 14.1. The van der Waals surface area contributed by atoms with Gasteiger partial charge in [-0.1, -0.05) is 0 Å². The molecule has 0 bridgehead atoms. The summed E-state index contributed by atoms with van der Waals surface area (Å²) in [5.74, 6) is 0. The zero-order valence-electron chi connectivity index (χ0n) is 13.4. The number of benzene rings is 2. The van der Waals surface area contributed by atoms with Crippen molar-refractivity contribution < 1.29 is 0 Å². The quantitative estimate of drug-likeness (QED) is 0.355. The van der Waals surface area contributed by atoms with Gasteiger partial charge in [0.05, 0.1) is 0 Å². The average molecular weight is 516 g/mol. The maximum absolute atomic E-state index is 2.57. The molecule has 4 rings (SSSR count). The Morgan fingerprint density at radius 1 is 0.545 bits per heavy atom. The van der Waals surface area contributed by atoms with Crippen molar-refractivity contribution in [3.05, 3.63) is 40.5 Å². The van der Waals surface area contributed by atoms with Crippen LogP contribution in [-0.2, 0) is 25.7 Å². The van der Waals surface area contributed by atoms with Crippen LogP contribution in [0.4, 0.5) is 0 Å². The molecule has 0 fully saturated rings. The summed E-state index contributed by atoms with van der Waals surface area (Å²) in [6.45, 7) is 4.71. The van der Waals surface area contributed by atoms with E-state index in [1.807, 2.05) is 0 Å². The summed E-state index contributed by atoms with van der Waals surface area (Å²) in [5, 5.41) is 3.27. The molecule has 0 aliphatic heterocycles. The smallest absolute Gasteiger partial charge is 0.0302 e. The Bertz CT molecular complexity index is 720. The summed E-state index contributed by atoms with van der Waals surface area (Å²) >= 11 is 5.13. The molecule has 0 saturated heterocycles. The van der Waals surface area contributed by atoms with Crippen molar-refractivity contribution in [3.63, 3.8) is 0 Å². The molecule has 2 aliphatic carbocycles. The number of rotatable bonds is 0. The normalized spacial score (nSPS) is 17.5. The Morgan fingerprint density at radius 2 is 0.864 bits per heavy atom. The maximum Gasteiger partial charge on any atom is 0.0302 e. The van der Waals surface area contributed by atoms with Crippen molar-refractivity contribution in [2.75, 3.05) is 0 Å². The predicted molar refractivity (Wildman–Crippen MR) is 112 cm³/mol. The highest BCUT2D eigenvalue weighted by Gasteiger charge is 2.26. The van der Waals surface area contributed by atoms with Gasteiger partial charge in [0.1, 0.15) is 0 Å². The molecule has 2 aliphatic rings. The Labute approximate surface area is 160 Å². The zero-order chi connectivity index (χ0) is 15.4. The lowest BCUT2D eigenvalue weighted by atomic mass is 9.75. The van der Waals surface area contributed by atoms with Crippen LogP contribution in [0, 0.1) is 21.0 Å². The van der Waals surface area contributed by atoms with Crippen molar-refractivity contribution in [2.45, 2.75) is 65.2 Å². The van der Waals surface area contributed by atoms with Gasteiger partial charge in [-0.25, -0.2) is 0 Å². The fraction of sp³-hybridized carbons (Fsp3) is 0.500. The molecule has 2 aromatic rings. The Balaban J connectivity index is 2.24. The van der Waals surface area contributed by atoms with Crippen LogP contribution in [0.5, 0.6) is 0 Å². The van der Waals surface area contributed by atoms with Crippen molar-refractivity contribution in [3.8, 4) is 0 Å². The lowest BCUT2D eigenvalue weighted by Crippen LogP contribution is -2.15. The Kier molecular flexibility index (Phi) is 4.21. The predicted octanol–water partition coefficient (Wildman–Crippen LogP) is 6.42. The molecule has 22 heavy (non-hydrogen) atoms. The molecule has 0 aromatic heterocycles. The van der Waals surface area contributed by atoms with E-state index in [0.29, 0.717) is 0 Å². The lowest BCUT2D eigenvalue weighted by Gasteiger charge is -2.30. The molecule has 0 heterocycles. The van der Waals surface area contributed by atoms with E-state index in [2.05, 4.69) is 59.0 Å². The highest BCUT2D eigenvalue weighted by atomic mass is 127. The molecule has 2 heteroatoms. The van der Waals surface area contributed by atoms with E-state index in [1.165, 1.54) is 69.6 Å². The molecule has 0 atom stereocenters. The third-order valence-electron chi connectivity index (χ3n) is 5.75. The minimum Gasteiger partial charge on any atom is -0.0489 e.